The lowest BCUT2D eigenvalue weighted by Crippen LogP contribution is -2.40. The third-order valence-corrected chi connectivity index (χ3v) is 1.63. The molecule has 1 unspecified atom stereocenters. The van der Waals surface area contributed by atoms with E-state index < -0.39 is 12.0 Å². The van der Waals surface area contributed by atoms with Crippen molar-refractivity contribution in [3.63, 3.8) is 0 Å². The van der Waals surface area contributed by atoms with Gasteiger partial charge in [0.05, 0.1) is 5.69 Å². The fourth-order valence-electron chi connectivity index (χ4n) is 0.866. The van der Waals surface area contributed by atoms with Crippen LogP contribution in [0.4, 0.5) is 0 Å². The molecule has 6 nitrogen and oxygen atoms in total. The van der Waals surface area contributed by atoms with Crippen LogP contribution in [0.1, 0.15) is 5.69 Å². The van der Waals surface area contributed by atoms with Gasteiger partial charge in [0.2, 0.25) is 0 Å². The smallest absolute Gasteiger partial charge is 0.321 e. The van der Waals surface area contributed by atoms with Gasteiger partial charge in [0, 0.05) is 19.3 Å². The van der Waals surface area contributed by atoms with Gasteiger partial charge >= 0.3 is 5.97 Å². The molecule has 1 heterocycles. The number of nitrogens with zero attached hydrogens (tertiary/aromatic N) is 2. The van der Waals surface area contributed by atoms with Gasteiger partial charge < -0.3 is 16.2 Å². The first-order valence-corrected chi connectivity index (χ1v) is 4.14. The average Bonchev–Trinajstić information content (AvgIpc) is 2.19. The number of carboxylic acid groups (broad SMARTS) is 1. The van der Waals surface area contributed by atoms with Crippen LogP contribution in [0.15, 0.2) is 18.6 Å². The number of aromatic nitrogens is 2. The lowest BCUT2D eigenvalue weighted by atomic mass is 10.3. The predicted molar refractivity (Wildman–Crippen MR) is 49.3 cm³/mol. The number of nitrogens with two attached hydrogens (primary N) is 1. The Hall–Kier alpha value is -1.53. The number of nitrogens with one attached hydrogen (secondary N) is 1. The van der Waals surface area contributed by atoms with E-state index in [1.54, 1.807) is 12.3 Å². The second-order valence-electron chi connectivity index (χ2n) is 2.78. The zero-order chi connectivity index (χ0) is 10.4. The summed E-state index contributed by atoms with van der Waals surface area (Å²) in [6.45, 7) is 0.711. The molecule has 1 rings (SSSR count). The van der Waals surface area contributed by atoms with Gasteiger partial charge in [-0.05, 0) is 6.07 Å². The molecule has 0 amide bonds. The van der Waals surface area contributed by atoms with Gasteiger partial charge in [-0.1, -0.05) is 0 Å². The summed E-state index contributed by atoms with van der Waals surface area (Å²) in [6.07, 6.45) is 3.06. The zero-order valence-electron chi connectivity index (χ0n) is 7.55. The van der Waals surface area contributed by atoms with Crippen molar-refractivity contribution in [1.29, 1.82) is 0 Å². The fraction of sp³-hybridized carbons (Fsp3) is 0.375. The van der Waals surface area contributed by atoms with E-state index in [4.69, 9.17) is 10.8 Å². The minimum atomic E-state index is -1.01. The van der Waals surface area contributed by atoms with Crippen LogP contribution in [0.5, 0.6) is 0 Å². The third-order valence-electron chi connectivity index (χ3n) is 1.63. The molecule has 0 bridgehead atoms. The van der Waals surface area contributed by atoms with E-state index in [1.165, 1.54) is 6.33 Å². The Morgan fingerprint density at radius 3 is 3.07 bits per heavy atom. The van der Waals surface area contributed by atoms with E-state index >= 15 is 0 Å². The van der Waals surface area contributed by atoms with E-state index in [0.29, 0.717) is 6.54 Å². The topological polar surface area (TPSA) is 101 Å². The van der Waals surface area contributed by atoms with Gasteiger partial charge in [-0.15, -0.1) is 0 Å². The second-order valence-corrected chi connectivity index (χ2v) is 2.78. The van der Waals surface area contributed by atoms with Crippen LogP contribution in [-0.2, 0) is 11.3 Å². The molecule has 14 heavy (non-hydrogen) atoms. The summed E-state index contributed by atoms with van der Waals surface area (Å²) < 4.78 is 0. The molecule has 0 saturated carbocycles. The lowest BCUT2D eigenvalue weighted by Gasteiger charge is -2.07. The highest BCUT2D eigenvalue weighted by Crippen LogP contribution is 1.89. The molecule has 76 valence electrons. The average molecular weight is 196 g/mol. The van der Waals surface area contributed by atoms with Gasteiger partial charge in [-0.3, -0.25) is 4.79 Å². The fourth-order valence-corrected chi connectivity index (χ4v) is 0.866. The zero-order valence-corrected chi connectivity index (χ0v) is 7.55. The molecule has 6 heteroatoms. The van der Waals surface area contributed by atoms with Crippen molar-refractivity contribution in [2.45, 2.75) is 12.6 Å². The maximum absolute atomic E-state index is 10.4. The minimum absolute atomic E-state index is 0.222. The van der Waals surface area contributed by atoms with Crippen LogP contribution in [0.3, 0.4) is 0 Å². The Labute approximate surface area is 81.2 Å². The van der Waals surface area contributed by atoms with Gasteiger partial charge in [-0.25, -0.2) is 9.97 Å². The van der Waals surface area contributed by atoms with Crippen molar-refractivity contribution in [3.05, 3.63) is 24.3 Å². The normalized spacial score (nSPS) is 12.4. The van der Waals surface area contributed by atoms with Crippen molar-refractivity contribution in [3.8, 4) is 0 Å². The first-order chi connectivity index (χ1) is 6.70. The molecule has 0 saturated heterocycles. The molecule has 0 fully saturated rings. The predicted octanol–water partition coefficient (Wildman–Crippen LogP) is -1.02. The molecular formula is C8H12N4O2. The highest BCUT2D eigenvalue weighted by molar-refractivity contribution is 5.73. The summed E-state index contributed by atoms with van der Waals surface area (Å²) in [5.41, 5.74) is 6.09. The number of carboxylic acids is 1. The summed E-state index contributed by atoms with van der Waals surface area (Å²) in [5.74, 6) is -1.01. The van der Waals surface area contributed by atoms with Gasteiger partial charge in [0.15, 0.2) is 0 Å². The van der Waals surface area contributed by atoms with Crippen molar-refractivity contribution in [1.82, 2.24) is 15.3 Å². The first-order valence-electron chi connectivity index (χ1n) is 4.14. The molecular weight excluding hydrogens is 184 g/mol. The van der Waals surface area contributed by atoms with Gasteiger partial charge in [-0.2, -0.15) is 0 Å². The molecule has 0 aliphatic rings. The Balaban J connectivity index is 2.26. The molecule has 1 aromatic heterocycles. The van der Waals surface area contributed by atoms with Crippen LogP contribution in [-0.4, -0.2) is 33.6 Å². The van der Waals surface area contributed by atoms with Gasteiger partial charge in [0.25, 0.3) is 0 Å². The van der Waals surface area contributed by atoms with E-state index in [9.17, 15) is 4.79 Å². The Morgan fingerprint density at radius 2 is 2.50 bits per heavy atom. The third kappa shape index (κ3) is 3.46. The van der Waals surface area contributed by atoms with Gasteiger partial charge in [0.1, 0.15) is 12.4 Å². The van der Waals surface area contributed by atoms with Crippen LogP contribution < -0.4 is 11.1 Å². The van der Waals surface area contributed by atoms with E-state index in [2.05, 4.69) is 15.3 Å². The van der Waals surface area contributed by atoms with Crippen molar-refractivity contribution in [2.24, 2.45) is 5.73 Å². The number of aliphatic carboxylic acids is 1. The maximum Gasteiger partial charge on any atom is 0.321 e. The number of hydrogen-bond donors (Lipinski definition) is 3. The van der Waals surface area contributed by atoms with E-state index in [0.717, 1.165) is 5.69 Å². The molecule has 0 aliphatic carbocycles. The molecule has 0 aromatic carbocycles. The molecule has 0 radical (unpaired) electrons. The first kappa shape index (κ1) is 10.6. The molecule has 0 aliphatic heterocycles. The summed E-state index contributed by atoms with van der Waals surface area (Å²) in [6, 6.07) is 0.871. The summed E-state index contributed by atoms with van der Waals surface area (Å²) in [7, 11) is 0. The summed E-state index contributed by atoms with van der Waals surface area (Å²) in [5, 5.41) is 11.4. The highest BCUT2D eigenvalue weighted by Gasteiger charge is 2.09. The molecule has 1 atom stereocenters. The summed E-state index contributed by atoms with van der Waals surface area (Å²) in [4.78, 5) is 18.1. The number of rotatable bonds is 5. The Kier molecular flexibility index (Phi) is 3.96. The number of hydrogen-bond acceptors (Lipinski definition) is 5. The monoisotopic (exact) mass is 196 g/mol. The Bertz CT molecular complexity index is 291. The second kappa shape index (κ2) is 5.25. The van der Waals surface area contributed by atoms with Crippen LogP contribution >= 0.6 is 0 Å². The lowest BCUT2D eigenvalue weighted by molar-refractivity contribution is -0.138. The minimum Gasteiger partial charge on any atom is -0.480 e. The van der Waals surface area contributed by atoms with Crippen LogP contribution in [0.25, 0.3) is 0 Å². The number of carbonyl (C=O) groups is 1. The van der Waals surface area contributed by atoms with Crippen LogP contribution in [0, 0.1) is 0 Å². The van der Waals surface area contributed by atoms with Crippen molar-refractivity contribution < 1.29 is 9.90 Å². The SMILES string of the molecule is NC(CNCc1ccncn1)C(=O)O. The van der Waals surface area contributed by atoms with E-state index in [1.807, 2.05) is 0 Å². The Morgan fingerprint density at radius 1 is 1.71 bits per heavy atom. The van der Waals surface area contributed by atoms with Crippen molar-refractivity contribution in [2.75, 3.05) is 6.54 Å². The highest BCUT2D eigenvalue weighted by atomic mass is 16.4. The molecule has 1 aromatic rings. The molecule has 4 N–H and O–H groups in total. The molecule has 0 spiro atoms. The standard InChI is InChI=1S/C8H12N4O2/c9-7(8(13)14)4-11-3-6-1-2-10-5-12-6/h1-2,5,7,11H,3-4,9H2,(H,13,14). The van der Waals surface area contributed by atoms with Crippen molar-refractivity contribution >= 4 is 5.97 Å². The maximum atomic E-state index is 10.4. The largest absolute Gasteiger partial charge is 0.480 e. The van der Waals surface area contributed by atoms with E-state index in [-0.39, 0.29) is 6.54 Å². The van der Waals surface area contributed by atoms with Crippen LogP contribution in [0.2, 0.25) is 0 Å². The summed E-state index contributed by atoms with van der Waals surface area (Å²) >= 11 is 0. The quantitative estimate of drug-likeness (QED) is 0.557.